The maximum atomic E-state index is 15.0. The van der Waals surface area contributed by atoms with Crippen molar-refractivity contribution in [3.63, 3.8) is 0 Å². The zero-order valence-corrected chi connectivity index (χ0v) is 29.7. The lowest BCUT2D eigenvalue weighted by atomic mass is 9.79. The Morgan fingerprint density at radius 2 is 1.44 bits per heavy atom. The van der Waals surface area contributed by atoms with Gasteiger partial charge in [0.1, 0.15) is 35.1 Å². The topological polar surface area (TPSA) is 114 Å². The number of ketones is 1. The summed E-state index contributed by atoms with van der Waals surface area (Å²) in [4.78, 5) is 27.9. The van der Waals surface area contributed by atoms with Crippen molar-refractivity contribution in [1.29, 1.82) is 0 Å². The number of fused-ring (bicyclic) bond motifs is 1. The molecular formula is C37H40ClN5O4Si. The molecule has 248 valence electrons. The molecule has 0 saturated heterocycles. The van der Waals surface area contributed by atoms with E-state index in [9.17, 15) is 0 Å². The zero-order valence-electron chi connectivity index (χ0n) is 28.0. The number of imidazole rings is 1. The van der Waals surface area contributed by atoms with Gasteiger partial charge in [0.2, 0.25) is 5.95 Å². The number of methoxy groups -OCH3 is 1. The number of hydrogen-bond donors (Lipinski definition) is 1. The third-order valence-electron chi connectivity index (χ3n) is 9.60. The number of carbonyl (C=O) groups is 1. The minimum atomic E-state index is -2.50. The summed E-state index contributed by atoms with van der Waals surface area (Å²) < 4.78 is 21.7. The van der Waals surface area contributed by atoms with E-state index in [1.54, 1.807) is 11.7 Å². The average molecular weight is 682 g/mol. The Labute approximate surface area is 286 Å². The smallest absolute Gasteiger partial charge is 0.223 e. The number of anilines is 1. The second kappa shape index (κ2) is 12.6. The molecule has 1 saturated carbocycles. The highest BCUT2D eigenvalue weighted by molar-refractivity contribution is 6.74. The number of carbonyl (C=O) groups excluding carboxylic acids is 1. The molecule has 2 heterocycles. The van der Waals surface area contributed by atoms with Crippen molar-refractivity contribution in [3.8, 4) is 5.75 Å². The molecular weight excluding hydrogens is 642 g/mol. The molecule has 1 aliphatic carbocycles. The summed E-state index contributed by atoms with van der Waals surface area (Å²) in [6, 6.07) is 26.6. The lowest BCUT2D eigenvalue weighted by Crippen LogP contribution is -2.49. The molecule has 0 unspecified atom stereocenters. The van der Waals surface area contributed by atoms with Crippen LogP contribution < -0.4 is 10.5 Å². The molecule has 2 N–H and O–H groups in total. The van der Waals surface area contributed by atoms with Gasteiger partial charge in [-0.05, 0) is 52.5 Å². The minimum Gasteiger partial charge on any atom is -0.497 e. The number of hydrogen-bond acceptors (Lipinski definition) is 8. The summed E-state index contributed by atoms with van der Waals surface area (Å²) in [7, 11) is -0.867. The van der Waals surface area contributed by atoms with Crippen LogP contribution in [0.25, 0.3) is 11.2 Å². The second-order valence-electron chi connectivity index (χ2n) is 13.6. The van der Waals surface area contributed by atoms with Crippen LogP contribution in [0.15, 0.2) is 103 Å². The molecule has 5 aromatic rings. The Hall–Kier alpha value is -4.35. The van der Waals surface area contributed by atoms with E-state index in [4.69, 9.17) is 31.2 Å². The van der Waals surface area contributed by atoms with Crippen molar-refractivity contribution >= 4 is 42.8 Å². The van der Waals surface area contributed by atoms with Gasteiger partial charge in [-0.2, -0.15) is 9.97 Å². The van der Waals surface area contributed by atoms with Crippen LogP contribution in [0.1, 0.15) is 43.5 Å². The van der Waals surface area contributed by atoms with Crippen LogP contribution in [0.4, 0.5) is 5.95 Å². The number of Topliss-reactive ketones (excluding diaryl/α,β-unsaturated/α-hetero) is 1. The van der Waals surface area contributed by atoms with Crippen LogP contribution in [-0.2, 0) is 19.6 Å². The molecule has 6 rings (SSSR count). The van der Waals surface area contributed by atoms with Gasteiger partial charge < -0.3 is 24.2 Å². The Kier molecular flexibility index (Phi) is 8.80. The molecule has 11 heteroatoms. The molecule has 0 bridgehead atoms. The number of nitrogens with two attached hydrogens (primary N) is 1. The van der Waals surface area contributed by atoms with Crippen molar-refractivity contribution in [2.24, 2.45) is 0 Å². The predicted molar refractivity (Wildman–Crippen MR) is 191 cm³/mol. The first kappa shape index (κ1) is 33.5. The lowest BCUT2D eigenvalue weighted by molar-refractivity contribution is -0.142. The number of halogens is 1. The Morgan fingerprint density at radius 3 is 1.98 bits per heavy atom. The molecule has 0 aliphatic heterocycles. The predicted octanol–water partition coefficient (Wildman–Crippen LogP) is 7.52. The molecule has 3 atom stereocenters. The van der Waals surface area contributed by atoms with Gasteiger partial charge in [-0.25, -0.2) is 4.98 Å². The van der Waals surface area contributed by atoms with E-state index in [1.165, 1.54) is 6.33 Å². The van der Waals surface area contributed by atoms with Crippen molar-refractivity contribution in [2.45, 2.75) is 62.8 Å². The highest BCUT2D eigenvalue weighted by Crippen LogP contribution is 2.48. The van der Waals surface area contributed by atoms with E-state index in [-0.39, 0.29) is 21.9 Å². The number of ether oxygens (including phenoxy) is 2. The second-order valence-corrected chi connectivity index (χ2v) is 18.7. The molecule has 1 aliphatic rings. The van der Waals surface area contributed by atoms with Gasteiger partial charge in [-0.1, -0.05) is 112 Å². The van der Waals surface area contributed by atoms with E-state index in [1.807, 2.05) is 84.9 Å². The molecule has 48 heavy (non-hydrogen) atoms. The Morgan fingerprint density at radius 1 is 0.875 bits per heavy atom. The van der Waals surface area contributed by atoms with Gasteiger partial charge in [0.05, 0.1) is 13.4 Å². The summed E-state index contributed by atoms with van der Waals surface area (Å²) >= 11 is 6.39. The Balaban J connectivity index is 1.58. The largest absolute Gasteiger partial charge is 0.497 e. The van der Waals surface area contributed by atoms with E-state index in [0.717, 1.165) is 16.7 Å². The number of rotatable bonds is 9. The average Bonchev–Trinajstić information content (AvgIpc) is 3.57. The molecule has 0 radical (unpaired) electrons. The van der Waals surface area contributed by atoms with E-state index < -0.39 is 32.2 Å². The van der Waals surface area contributed by atoms with Crippen molar-refractivity contribution in [1.82, 2.24) is 19.5 Å². The van der Waals surface area contributed by atoms with E-state index in [2.05, 4.69) is 55.4 Å². The zero-order chi connectivity index (χ0) is 34.4. The van der Waals surface area contributed by atoms with Crippen LogP contribution in [0.3, 0.4) is 0 Å². The molecule has 9 nitrogen and oxygen atoms in total. The Bertz CT molecular complexity index is 1920. The summed E-state index contributed by atoms with van der Waals surface area (Å²) in [6.45, 7) is 15.3. The third-order valence-corrected chi connectivity index (χ3v) is 14.3. The SMILES string of the molecule is C=C1[C@@H](n2cnc3c(Cl)nc(N)nc32)C(=O)[C@H](OC(c2ccccc2)(c2ccccc2)c2ccc(OC)cc2)[C@H]1O[Si](C)(C)C(C)(C)C. The van der Waals surface area contributed by atoms with Gasteiger partial charge in [0, 0.05) is 0 Å². The third kappa shape index (κ3) is 5.72. The van der Waals surface area contributed by atoms with Crippen LogP contribution >= 0.6 is 11.6 Å². The summed E-state index contributed by atoms with van der Waals surface area (Å²) in [5.74, 6) is 0.421. The lowest BCUT2D eigenvalue weighted by Gasteiger charge is -2.42. The number of nitrogens with zero attached hydrogens (tertiary/aromatic N) is 4. The fourth-order valence-corrected chi connectivity index (χ4v) is 7.54. The summed E-state index contributed by atoms with van der Waals surface area (Å²) in [6.07, 6.45) is -0.346. The van der Waals surface area contributed by atoms with E-state index in [0.29, 0.717) is 22.5 Å². The van der Waals surface area contributed by atoms with Crippen molar-refractivity contribution < 1.29 is 18.7 Å². The highest BCUT2D eigenvalue weighted by atomic mass is 35.5. The summed E-state index contributed by atoms with van der Waals surface area (Å²) in [5.41, 5.74) is 8.46. The van der Waals surface area contributed by atoms with Gasteiger partial charge in [0.15, 0.2) is 24.9 Å². The highest BCUT2D eigenvalue weighted by Gasteiger charge is 2.55. The maximum Gasteiger partial charge on any atom is 0.223 e. The molecule has 0 spiro atoms. The number of nitrogen functional groups attached to an aromatic ring is 1. The monoisotopic (exact) mass is 681 g/mol. The van der Waals surface area contributed by atoms with Crippen molar-refractivity contribution in [3.05, 3.63) is 125 Å². The van der Waals surface area contributed by atoms with Crippen LogP contribution in [0, 0.1) is 0 Å². The standard InChI is InChI=1S/C37H40ClN5O4Si/c1-23-29(43-22-40-28-33(38)41-35(39)42-34(28)43)30(44)32(31(23)47-48(6,7)36(2,3)4)46-37(24-14-10-8-11-15-24,25-16-12-9-13-17-25)26-18-20-27(45-5)21-19-26/h8-22,29,31-32H,1H2,2-7H3,(H2,39,41,42)/t29-,31+,32+/m1/s1. The first-order valence-electron chi connectivity index (χ1n) is 15.8. The molecule has 3 aromatic carbocycles. The normalized spacial score (nSPS) is 18.9. The molecule has 2 aromatic heterocycles. The van der Waals surface area contributed by atoms with Gasteiger partial charge in [-0.15, -0.1) is 0 Å². The maximum absolute atomic E-state index is 15.0. The van der Waals surface area contributed by atoms with Crippen LogP contribution in [-0.4, -0.2) is 52.9 Å². The van der Waals surface area contributed by atoms with Gasteiger partial charge in [-0.3, -0.25) is 4.79 Å². The van der Waals surface area contributed by atoms with Crippen molar-refractivity contribution in [2.75, 3.05) is 12.8 Å². The number of benzene rings is 3. The summed E-state index contributed by atoms with van der Waals surface area (Å²) in [5, 5.41) is -0.0669. The first-order chi connectivity index (χ1) is 22.8. The number of aromatic nitrogens is 4. The molecule has 1 fully saturated rings. The van der Waals surface area contributed by atoms with Crippen LogP contribution in [0.2, 0.25) is 23.3 Å². The fourth-order valence-electron chi connectivity index (χ4n) is 6.06. The van der Waals surface area contributed by atoms with Gasteiger partial charge in [0.25, 0.3) is 0 Å². The fraction of sp³-hybridized carbons (Fsp3) is 0.297. The van der Waals surface area contributed by atoms with Crippen LogP contribution in [0.5, 0.6) is 5.75 Å². The first-order valence-corrected chi connectivity index (χ1v) is 19.1. The minimum absolute atomic E-state index is 0.0288. The van der Waals surface area contributed by atoms with E-state index >= 15 is 4.79 Å². The van der Waals surface area contributed by atoms with Gasteiger partial charge >= 0.3 is 0 Å². The molecule has 0 amide bonds. The quantitative estimate of drug-likeness (QED) is 0.0736.